The lowest BCUT2D eigenvalue weighted by atomic mass is 10.0. The zero-order chi connectivity index (χ0) is 20.8. The Labute approximate surface area is 165 Å². The van der Waals surface area contributed by atoms with Gasteiger partial charge >= 0.3 is 0 Å². The summed E-state index contributed by atoms with van der Waals surface area (Å²) in [5, 5.41) is 3.38. The smallest absolute Gasteiger partial charge is 0.257 e. The van der Waals surface area contributed by atoms with Crippen LogP contribution < -0.4 is 25.3 Å². The second kappa shape index (κ2) is 9.25. The topological polar surface area (TPSA) is 109 Å². The Hall–Kier alpha value is -3.03. The fraction of sp³-hybridized carbons (Fsp3) is 0.450. The van der Waals surface area contributed by atoms with E-state index in [9.17, 15) is 4.79 Å². The number of ether oxygens (including phenoxy) is 3. The monoisotopic (exact) mass is 388 g/mol. The van der Waals surface area contributed by atoms with E-state index in [4.69, 9.17) is 19.9 Å². The Bertz CT molecular complexity index is 825. The Balaban J connectivity index is 2.66. The van der Waals surface area contributed by atoms with Crippen LogP contribution in [0.2, 0.25) is 0 Å². The Morgan fingerprint density at radius 1 is 1.07 bits per heavy atom. The number of nitrogens with two attached hydrogens (primary N) is 1. The molecule has 0 aliphatic carbocycles. The largest absolute Gasteiger partial charge is 0.496 e. The van der Waals surface area contributed by atoms with Crippen molar-refractivity contribution in [2.45, 2.75) is 39.7 Å². The van der Waals surface area contributed by atoms with Crippen LogP contribution in [0.5, 0.6) is 17.4 Å². The number of nitrogens with zero attached hydrogens (tertiary/aromatic N) is 2. The van der Waals surface area contributed by atoms with E-state index < -0.39 is 5.91 Å². The van der Waals surface area contributed by atoms with E-state index in [1.807, 2.05) is 6.92 Å². The molecule has 152 valence electrons. The number of hydrogen-bond donors (Lipinski definition) is 2. The molecule has 2 rings (SSSR count). The summed E-state index contributed by atoms with van der Waals surface area (Å²) in [6, 6.07) is 3.39. The van der Waals surface area contributed by atoms with Crippen molar-refractivity contribution in [2.24, 2.45) is 5.73 Å². The van der Waals surface area contributed by atoms with E-state index in [2.05, 4.69) is 29.1 Å². The van der Waals surface area contributed by atoms with Crippen LogP contribution in [0.3, 0.4) is 0 Å². The van der Waals surface area contributed by atoms with Gasteiger partial charge in [-0.3, -0.25) is 4.79 Å². The van der Waals surface area contributed by atoms with Crippen LogP contribution in [0.1, 0.15) is 42.7 Å². The summed E-state index contributed by atoms with van der Waals surface area (Å²) < 4.78 is 16.4. The van der Waals surface area contributed by atoms with Crippen molar-refractivity contribution in [2.75, 3.05) is 26.6 Å². The third-order valence-corrected chi connectivity index (χ3v) is 4.59. The molecule has 28 heavy (non-hydrogen) atoms. The summed E-state index contributed by atoms with van der Waals surface area (Å²) in [5.41, 5.74) is 7.47. The van der Waals surface area contributed by atoms with E-state index in [1.165, 1.54) is 14.2 Å². The van der Waals surface area contributed by atoms with Crippen molar-refractivity contribution in [1.82, 2.24) is 9.97 Å². The van der Waals surface area contributed by atoms with Crippen LogP contribution >= 0.6 is 0 Å². The maximum absolute atomic E-state index is 11.6. The molecule has 8 nitrogen and oxygen atoms in total. The predicted molar refractivity (Wildman–Crippen MR) is 108 cm³/mol. The van der Waals surface area contributed by atoms with E-state index in [0.29, 0.717) is 40.1 Å². The molecule has 0 radical (unpaired) electrons. The van der Waals surface area contributed by atoms with Crippen molar-refractivity contribution < 1.29 is 19.0 Å². The van der Waals surface area contributed by atoms with Gasteiger partial charge in [0.2, 0.25) is 5.91 Å². The Morgan fingerprint density at radius 2 is 1.64 bits per heavy atom. The highest BCUT2D eigenvalue weighted by Crippen LogP contribution is 2.41. The van der Waals surface area contributed by atoms with E-state index in [-0.39, 0.29) is 11.6 Å². The maximum atomic E-state index is 11.6. The molecule has 8 heteroatoms. The van der Waals surface area contributed by atoms with Gasteiger partial charge in [0.15, 0.2) is 5.82 Å². The molecule has 0 aliphatic rings. The van der Waals surface area contributed by atoms with Crippen LogP contribution in [0.15, 0.2) is 12.1 Å². The summed E-state index contributed by atoms with van der Waals surface area (Å²) in [6.07, 6.45) is 1.91. The minimum atomic E-state index is -0.576. The molecule has 0 aliphatic heterocycles. The summed E-state index contributed by atoms with van der Waals surface area (Å²) >= 11 is 0. The molecule has 0 saturated heterocycles. The molecule has 0 saturated carbocycles. The number of anilines is 1. The number of primary amides is 1. The first-order valence-electron chi connectivity index (χ1n) is 9.15. The molecule has 0 unspecified atom stereocenters. The number of methoxy groups -OCH3 is 3. The van der Waals surface area contributed by atoms with E-state index in [0.717, 1.165) is 12.8 Å². The highest BCUT2D eigenvalue weighted by molar-refractivity contribution is 5.95. The maximum Gasteiger partial charge on any atom is 0.257 e. The number of carbonyl (C=O) groups excluding carboxylic acids is 1. The van der Waals surface area contributed by atoms with Gasteiger partial charge in [-0.1, -0.05) is 13.8 Å². The third-order valence-electron chi connectivity index (χ3n) is 4.59. The molecule has 1 heterocycles. The van der Waals surface area contributed by atoms with Crippen molar-refractivity contribution in [3.63, 3.8) is 0 Å². The molecular formula is C20H28N4O4. The molecule has 2 aromatic rings. The number of rotatable bonds is 9. The zero-order valence-corrected chi connectivity index (χ0v) is 17.3. The van der Waals surface area contributed by atoms with E-state index in [1.54, 1.807) is 19.2 Å². The third kappa shape index (κ3) is 4.27. The standard InChI is InChI=1S/C20H28N4O4/c1-7-13(8-2)23-19-20(28-6)24-17(11(3)22-19)16-14(26-4)9-12(18(21)25)10-15(16)27-5/h9-10,13H,7-8H2,1-6H3,(H2,21,25)(H,22,23). The van der Waals surface area contributed by atoms with Crippen LogP contribution in [-0.4, -0.2) is 43.2 Å². The average Bonchev–Trinajstić information content (AvgIpc) is 2.71. The minimum absolute atomic E-state index is 0.271. The fourth-order valence-electron chi connectivity index (χ4n) is 2.95. The molecule has 0 fully saturated rings. The predicted octanol–water partition coefficient (Wildman–Crippen LogP) is 3.18. The number of hydrogen-bond acceptors (Lipinski definition) is 7. The van der Waals surface area contributed by atoms with Crippen molar-refractivity contribution in [1.29, 1.82) is 0 Å². The molecule has 1 aromatic carbocycles. The summed E-state index contributed by atoms with van der Waals surface area (Å²) in [5.74, 6) is 1.20. The van der Waals surface area contributed by atoms with Gasteiger partial charge in [-0.2, -0.15) is 0 Å². The number of benzene rings is 1. The lowest BCUT2D eigenvalue weighted by Crippen LogP contribution is -2.19. The van der Waals surface area contributed by atoms with Crippen molar-refractivity contribution in [3.05, 3.63) is 23.4 Å². The van der Waals surface area contributed by atoms with Gasteiger partial charge in [-0.15, -0.1) is 0 Å². The summed E-state index contributed by atoms with van der Waals surface area (Å²) in [4.78, 5) is 20.9. The Kier molecular flexibility index (Phi) is 7.03. The van der Waals surface area contributed by atoms with Crippen LogP contribution in [0.25, 0.3) is 11.3 Å². The van der Waals surface area contributed by atoms with Gasteiger partial charge in [-0.25, -0.2) is 9.97 Å². The van der Waals surface area contributed by atoms with Crippen molar-refractivity contribution >= 4 is 11.7 Å². The first-order chi connectivity index (χ1) is 13.4. The second-order valence-corrected chi connectivity index (χ2v) is 6.29. The Morgan fingerprint density at radius 3 is 2.07 bits per heavy atom. The minimum Gasteiger partial charge on any atom is -0.496 e. The van der Waals surface area contributed by atoms with Gasteiger partial charge in [0.1, 0.15) is 17.2 Å². The van der Waals surface area contributed by atoms with Gasteiger partial charge < -0.3 is 25.3 Å². The quantitative estimate of drug-likeness (QED) is 0.679. The highest BCUT2D eigenvalue weighted by atomic mass is 16.5. The van der Waals surface area contributed by atoms with Crippen molar-refractivity contribution in [3.8, 4) is 28.6 Å². The molecule has 1 amide bonds. The van der Waals surface area contributed by atoms with Crippen LogP contribution in [0.4, 0.5) is 5.82 Å². The van der Waals surface area contributed by atoms with Gasteiger partial charge in [0.05, 0.1) is 32.6 Å². The normalized spacial score (nSPS) is 10.7. The van der Waals surface area contributed by atoms with Gasteiger partial charge in [0.25, 0.3) is 5.88 Å². The molecule has 1 aromatic heterocycles. The number of amides is 1. The van der Waals surface area contributed by atoms with Gasteiger partial charge in [0, 0.05) is 11.6 Å². The number of aryl methyl sites for hydroxylation is 1. The fourth-order valence-corrected chi connectivity index (χ4v) is 2.95. The van der Waals surface area contributed by atoms with E-state index >= 15 is 0 Å². The summed E-state index contributed by atoms with van der Waals surface area (Å²) in [6.45, 7) is 6.07. The zero-order valence-electron chi connectivity index (χ0n) is 17.3. The first-order valence-corrected chi connectivity index (χ1v) is 9.15. The van der Waals surface area contributed by atoms with Crippen LogP contribution in [-0.2, 0) is 0 Å². The lowest BCUT2D eigenvalue weighted by molar-refractivity contribution is 0.0999. The first kappa shape index (κ1) is 21.3. The average molecular weight is 388 g/mol. The SMILES string of the molecule is CCC(CC)Nc1nc(C)c(-c2c(OC)cc(C(N)=O)cc2OC)nc1OC. The van der Waals surface area contributed by atoms with Crippen LogP contribution in [0, 0.1) is 6.92 Å². The second-order valence-electron chi connectivity index (χ2n) is 6.29. The molecule has 3 N–H and O–H groups in total. The molecule has 0 spiro atoms. The summed E-state index contributed by atoms with van der Waals surface area (Å²) in [7, 11) is 4.56. The molecule has 0 bridgehead atoms. The van der Waals surface area contributed by atoms with Gasteiger partial charge in [-0.05, 0) is 31.9 Å². The highest BCUT2D eigenvalue weighted by Gasteiger charge is 2.23. The number of nitrogens with one attached hydrogen (secondary N) is 1. The number of carbonyl (C=O) groups is 1. The number of aromatic nitrogens is 2. The lowest BCUT2D eigenvalue weighted by Gasteiger charge is -2.20. The molecular weight excluding hydrogens is 360 g/mol. The molecule has 0 atom stereocenters.